The molecule has 0 unspecified atom stereocenters. The van der Waals surface area contributed by atoms with Crippen molar-refractivity contribution in [2.45, 2.75) is 24.1 Å². The smallest absolute Gasteiger partial charge is 0.252 e. The molecule has 108 valence electrons. The molecule has 0 saturated heterocycles. The van der Waals surface area contributed by atoms with Gasteiger partial charge in [-0.05, 0) is 36.2 Å². The van der Waals surface area contributed by atoms with Gasteiger partial charge >= 0.3 is 0 Å². The quantitative estimate of drug-likeness (QED) is 0.864. The Hall–Kier alpha value is -1.37. The number of sulfonamides is 1. The van der Waals surface area contributed by atoms with Gasteiger partial charge in [0.15, 0.2) is 0 Å². The van der Waals surface area contributed by atoms with E-state index in [9.17, 15) is 8.42 Å². The molecule has 2 rings (SSSR count). The van der Waals surface area contributed by atoms with Gasteiger partial charge in [-0.3, -0.25) is 0 Å². The molecule has 0 radical (unpaired) electrons. The first-order valence-electron chi connectivity index (χ1n) is 6.33. The summed E-state index contributed by atoms with van der Waals surface area (Å²) in [5.41, 5.74) is 7.21. The molecule has 0 bridgehead atoms. The number of nitrogen functional groups attached to an aromatic ring is 1. The third kappa shape index (κ3) is 3.20. The van der Waals surface area contributed by atoms with Crippen molar-refractivity contribution < 1.29 is 8.42 Å². The number of benzene rings is 1. The first-order chi connectivity index (χ1) is 9.43. The van der Waals surface area contributed by atoms with Crippen LogP contribution in [0.1, 0.15) is 17.4 Å². The van der Waals surface area contributed by atoms with Crippen LogP contribution in [0.25, 0.3) is 0 Å². The Morgan fingerprint density at radius 2 is 1.80 bits per heavy atom. The van der Waals surface area contributed by atoms with Crippen molar-refractivity contribution in [2.75, 3.05) is 12.8 Å². The van der Waals surface area contributed by atoms with Crippen molar-refractivity contribution in [1.29, 1.82) is 0 Å². The van der Waals surface area contributed by atoms with E-state index in [1.807, 2.05) is 25.1 Å². The van der Waals surface area contributed by atoms with E-state index in [-0.39, 0.29) is 0 Å². The van der Waals surface area contributed by atoms with Crippen molar-refractivity contribution in [3.8, 4) is 0 Å². The van der Waals surface area contributed by atoms with Gasteiger partial charge < -0.3 is 5.73 Å². The fraction of sp³-hybridized carbons (Fsp3) is 0.286. The number of rotatable bonds is 5. The molecular formula is C14H18N2O2S2. The van der Waals surface area contributed by atoms with E-state index in [0.717, 1.165) is 16.9 Å². The van der Waals surface area contributed by atoms with Gasteiger partial charge in [-0.2, -0.15) is 4.31 Å². The lowest BCUT2D eigenvalue weighted by Crippen LogP contribution is -2.25. The van der Waals surface area contributed by atoms with E-state index < -0.39 is 10.0 Å². The molecule has 6 heteroatoms. The van der Waals surface area contributed by atoms with Crippen molar-refractivity contribution >= 4 is 27.0 Å². The van der Waals surface area contributed by atoms with Crippen LogP contribution in [-0.2, 0) is 23.0 Å². The molecule has 1 heterocycles. The fourth-order valence-electron chi connectivity index (χ4n) is 1.81. The highest BCUT2D eigenvalue weighted by molar-refractivity contribution is 7.91. The van der Waals surface area contributed by atoms with E-state index in [1.165, 1.54) is 15.6 Å². The molecule has 4 nitrogen and oxygen atoms in total. The highest BCUT2D eigenvalue weighted by Gasteiger charge is 2.22. The lowest BCUT2D eigenvalue weighted by atomic mass is 10.2. The summed E-state index contributed by atoms with van der Waals surface area (Å²) < 4.78 is 26.6. The summed E-state index contributed by atoms with van der Waals surface area (Å²) in [5, 5.41) is 0. The minimum Gasteiger partial charge on any atom is -0.399 e. The topological polar surface area (TPSA) is 63.4 Å². The second-order valence-electron chi connectivity index (χ2n) is 4.58. The van der Waals surface area contributed by atoms with E-state index in [4.69, 9.17) is 5.73 Å². The molecule has 0 saturated carbocycles. The number of nitrogens with zero attached hydrogens (tertiary/aromatic N) is 1. The second kappa shape index (κ2) is 5.95. The first-order valence-corrected chi connectivity index (χ1v) is 8.58. The molecule has 0 amide bonds. The first kappa shape index (κ1) is 15.0. The zero-order valence-electron chi connectivity index (χ0n) is 11.5. The molecule has 1 aromatic heterocycles. The number of aryl methyl sites for hydroxylation is 1. The van der Waals surface area contributed by atoms with Gasteiger partial charge in [-0.15, -0.1) is 11.3 Å². The number of thiophene rings is 1. The summed E-state index contributed by atoms with van der Waals surface area (Å²) in [6, 6.07) is 10.8. The zero-order chi connectivity index (χ0) is 14.8. The van der Waals surface area contributed by atoms with Crippen LogP contribution in [0, 0.1) is 0 Å². The molecule has 2 N–H and O–H groups in total. The van der Waals surface area contributed by atoms with E-state index in [2.05, 4.69) is 0 Å². The van der Waals surface area contributed by atoms with Crippen LogP contribution in [0.15, 0.2) is 40.6 Å². The average molecular weight is 310 g/mol. The molecular weight excluding hydrogens is 292 g/mol. The molecule has 0 spiro atoms. The highest BCUT2D eigenvalue weighted by Crippen LogP contribution is 2.25. The van der Waals surface area contributed by atoms with Crippen LogP contribution >= 0.6 is 11.3 Å². The fourth-order valence-corrected chi connectivity index (χ4v) is 4.47. The number of hydrogen-bond donors (Lipinski definition) is 1. The minimum absolute atomic E-state index is 0.335. The van der Waals surface area contributed by atoms with Crippen LogP contribution in [-0.4, -0.2) is 19.8 Å². The Morgan fingerprint density at radius 3 is 2.35 bits per heavy atom. The molecule has 0 aliphatic heterocycles. The van der Waals surface area contributed by atoms with Crippen LogP contribution in [0.4, 0.5) is 5.69 Å². The molecule has 1 aromatic carbocycles. The molecule has 0 atom stereocenters. The maximum Gasteiger partial charge on any atom is 0.252 e. The van der Waals surface area contributed by atoms with E-state index in [1.54, 1.807) is 25.2 Å². The van der Waals surface area contributed by atoms with Gasteiger partial charge in [0, 0.05) is 24.2 Å². The normalized spacial score (nSPS) is 11.9. The van der Waals surface area contributed by atoms with Crippen LogP contribution < -0.4 is 5.73 Å². The Labute approximate surface area is 123 Å². The molecule has 0 aliphatic rings. The summed E-state index contributed by atoms with van der Waals surface area (Å²) in [5.74, 6) is 0. The summed E-state index contributed by atoms with van der Waals surface area (Å²) in [7, 11) is -1.82. The SMILES string of the molecule is CCc1ccc(S(=O)(=O)N(C)Cc2ccc(N)cc2)s1. The third-order valence-electron chi connectivity index (χ3n) is 3.03. The van der Waals surface area contributed by atoms with Crippen molar-refractivity contribution in [3.63, 3.8) is 0 Å². The monoisotopic (exact) mass is 310 g/mol. The highest BCUT2D eigenvalue weighted by atomic mass is 32.2. The van der Waals surface area contributed by atoms with Gasteiger partial charge in [0.25, 0.3) is 10.0 Å². The van der Waals surface area contributed by atoms with Crippen molar-refractivity contribution in [3.05, 3.63) is 46.8 Å². The largest absolute Gasteiger partial charge is 0.399 e. The summed E-state index contributed by atoms with van der Waals surface area (Å²) in [6.45, 7) is 2.35. The molecule has 0 aliphatic carbocycles. The number of nitrogens with two attached hydrogens (primary N) is 1. The van der Waals surface area contributed by atoms with Crippen LogP contribution in [0.5, 0.6) is 0 Å². The third-order valence-corrected chi connectivity index (χ3v) is 6.54. The van der Waals surface area contributed by atoms with Gasteiger partial charge in [0.1, 0.15) is 4.21 Å². The lowest BCUT2D eigenvalue weighted by molar-refractivity contribution is 0.468. The maximum absolute atomic E-state index is 12.4. The molecule has 20 heavy (non-hydrogen) atoms. The zero-order valence-corrected chi connectivity index (χ0v) is 13.2. The predicted octanol–water partition coefficient (Wildman–Crippen LogP) is 2.71. The Bertz CT molecular complexity index is 675. The standard InChI is InChI=1S/C14H18N2O2S2/c1-3-13-8-9-14(19-13)20(17,18)16(2)10-11-4-6-12(15)7-5-11/h4-9H,3,10,15H2,1-2H3. The second-order valence-corrected chi connectivity index (χ2v) is 8.02. The molecule has 0 fully saturated rings. The predicted molar refractivity (Wildman–Crippen MR) is 83.2 cm³/mol. The van der Waals surface area contributed by atoms with E-state index in [0.29, 0.717) is 16.4 Å². The average Bonchev–Trinajstić information content (AvgIpc) is 2.90. The van der Waals surface area contributed by atoms with E-state index >= 15 is 0 Å². The number of hydrogen-bond acceptors (Lipinski definition) is 4. The van der Waals surface area contributed by atoms with Gasteiger partial charge in [-0.1, -0.05) is 19.1 Å². The summed E-state index contributed by atoms with van der Waals surface area (Å²) in [4.78, 5) is 1.07. The van der Waals surface area contributed by atoms with Crippen molar-refractivity contribution in [1.82, 2.24) is 4.31 Å². The summed E-state index contributed by atoms with van der Waals surface area (Å²) in [6.07, 6.45) is 0.849. The van der Waals surface area contributed by atoms with Crippen LogP contribution in [0.2, 0.25) is 0 Å². The van der Waals surface area contributed by atoms with Gasteiger partial charge in [0.05, 0.1) is 0 Å². The Balaban J connectivity index is 2.18. The lowest BCUT2D eigenvalue weighted by Gasteiger charge is -2.16. The van der Waals surface area contributed by atoms with Crippen LogP contribution in [0.3, 0.4) is 0 Å². The van der Waals surface area contributed by atoms with Crippen molar-refractivity contribution in [2.24, 2.45) is 0 Å². The van der Waals surface area contributed by atoms with Gasteiger partial charge in [-0.25, -0.2) is 8.42 Å². The maximum atomic E-state index is 12.4. The minimum atomic E-state index is -3.42. The Morgan fingerprint density at radius 1 is 1.15 bits per heavy atom. The Kier molecular flexibility index (Phi) is 4.47. The molecule has 2 aromatic rings. The number of anilines is 1. The van der Waals surface area contributed by atoms with Gasteiger partial charge in [0.2, 0.25) is 0 Å². The summed E-state index contributed by atoms with van der Waals surface area (Å²) >= 11 is 1.33.